The normalized spacial score (nSPS) is 11.6. The van der Waals surface area contributed by atoms with Crippen molar-refractivity contribution >= 4 is 20.4 Å². The van der Waals surface area contributed by atoms with Gasteiger partial charge in [-0.25, -0.2) is 4.79 Å². The summed E-state index contributed by atoms with van der Waals surface area (Å²) in [5.74, 6) is 0.505. The number of carbonyl (C=O) groups is 1. The first kappa shape index (κ1) is 26.0. The van der Waals surface area contributed by atoms with E-state index in [2.05, 4.69) is 50.6 Å². The van der Waals surface area contributed by atoms with Crippen LogP contribution in [0.15, 0.2) is 78.9 Å². The first-order chi connectivity index (χ1) is 16.8. The van der Waals surface area contributed by atoms with Gasteiger partial charge in [0.1, 0.15) is 5.75 Å². The van der Waals surface area contributed by atoms with Gasteiger partial charge in [-0.3, -0.25) is 0 Å². The van der Waals surface area contributed by atoms with Crippen molar-refractivity contribution in [1.29, 1.82) is 5.26 Å². The summed E-state index contributed by atoms with van der Waals surface area (Å²) in [6.07, 6.45) is 3.19. The molecule has 3 aromatic rings. The van der Waals surface area contributed by atoms with Crippen LogP contribution in [0.3, 0.4) is 0 Å². The Hall–Kier alpha value is -3.62. The molecular formula is C30H33NO3Si. The molecule has 0 fully saturated rings. The van der Waals surface area contributed by atoms with Gasteiger partial charge in [0.2, 0.25) is 0 Å². The zero-order valence-corrected chi connectivity index (χ0v) is 22.1. The lowest BCUT2D eigenvalue weighted by Gasteiger charge is -2.39. The van der Waals surface area contributed by atoms with Crippen LogP contribution in [0, 0.1) is 11.3 Å². The third-order valence-electron chi connectivity index (χ3n) is 6.55. The highest BCUT2D eigenvalue weighted by atomic mass is 28.4. The first-order valence-electron chi connectivity index (χ1n) is 11.9. The molecule has 35 heavy (non-hydrogen) atoms. The number of rotatable bonds is 9. The monoisotopic (exact) mass is 483 g/mol. The summed E-state index contributed by atoms with van der Waals surface area (Å²) in [5, 5.41) is 9.44. The van der Waals surface area contributed by atoms with E-state index in [1.54, 1.807) is 6.08 Å². The van der Waals surface area contributed by atoms with E-state index in [1.165, 1.54) is 18.7 Å². The van der Waals surface area contributed by atoms with Crippen molar-refractivity contribution in [2.45, 2.75) is 44.8 Å². The number of nitrogens with zero attached hydrogens (tertiary/aromatic N) is 1. The van der Waals surface area contributed by atoms with Gasteiger partial charge in [-0.1, -0.05) is 82.3 Å². The lowest BCUT2D eigenvalue weighted by atomic mass is 10.0. The summed E-state index contributed by atoms with van der Waals surface area (Å²) in [6, 6.07) is 27.2. The number of hydrogen-bond acceptors (Lipinski definition) is 4. The molecule has 0 spiro atoms. The Morgan fingerprint density at radius 3 is 2.14 bits per heavy atom. The number of nitriles is 1. The molecule has 3 rings (SSSR count). The molecule has 0 N–H and O–H groups in total. The zero-order chi connectivity index (χ0) is 25.4. The summed E-state index contributed by atoms with van der Waals surface area (Å²) < 4.78 is 11.6. The maximum atomic E-state index is 11.4. The quantitative estimate of drug-likeness (QED) is 0.181. The Morgan fingerprint density at radius 2 is 1.57 bits per heavy atom. The van der Waals surface area contributed by atoms with Gasteiger partial charge in [0.05, 0.1) is 18.7 Å². The van der Waals surface area contributed by atoms with E-state index in [-0.39, 0.29) is 5.97 Å². The first-order valence-corrected chi connectivity index (χ1v) is 14.2. The summed E-state index contributed by atoms with van der Waals surface area (Å²) in [6.45, 7) is 9.04. The minimum atomic E-state index is -2.25. The maximum absolute atomic E-state index is 11.4. The molecule has 0 aliphatic carbocycles. The van der Waals surface area contributed by atoms with Crippen molar-refractivity contribution in [2.24, 2.45) is 0 Å². The van der Waals surface area contributed by atoms with Crippen molar-refractivity contribution in [3.05, 3.63) is 95.6 Å². The molecule has 0 unspecified atom stereocenters. The van der Waals surface area contributed by atoms with Crippen molar-refractivity contribution in [1.82, 2.24) is 0 Å². The predicted molar refractivity (Wildman–Crippen MR) is 144 cm³/mol. The minimum absolute atomic E-state index is 0.365. The minimum Gasteiger partial charge on any atom is -0.543 e. The maximum Gasteiger partial charge on any atom is 0.330 e. The Balaban J connectivity index is 1.85. The third kappa shape index (κ3) is 6.29. The molecule has 0 atom stereocenters. The average Bonchev–Trinajstić information content (AvgIpc) is 2.87. The summed E-state index contributed by atoms with van der Waals surface area (Å²) in [4.78, 5) is 11.4. The largest absolute Gasteiger partial charge is 0.543 e. The lowest BCUT2D eigenvalue weighted by Crippen LogP contribution is -2.50. The molecule has 5 heteroatoms. The van der Waals surface area contributed by atoms with Gasteiger partial charge in [-0.2, -0.15) is 5.26 Å². The van der Waals surface area contributed by atoms with Crippen LogP contribution in [-0.4, -0.2) is 21.4 Å². The van der Waals surface area contributed by atoms with Crippen LogP contribution in [0.5, 0.6) is 5.75 Å². The van der Waals surface area contributed by atoms with Gasteiger partial charge in [-0.15, -0.1) is 0 Å². The second-order valence-electron chi connectivity index (χ2n) is 9.32. The topological polar surface area (TPSA) is 59.3 Å². The van der Waals surface area contributed by atoms with Crippen LogP contribution >= 0.6 is 0 Å². The molecule has 180 valence electrons. The van der Waals surface area contributed by atoms with Crippen molar-refractivity contribution < 1.29 is 14.0 Å². The van der Waals surface area contributed by atoms with Crippen LogP contribution in [0.4, 0.5) is 0 Å². The van der Waals surface area contributed by atoms with E-state index in [1.807, 2.05) is 60.7 Å². The number of carbonyl (C=O) groups excluding carboxylic acids is 1. The fourth-order valence-corrected chi connectivity index (χ4v) is 8.54. The molecule has 3 aromatic carbocycles. The predicted octanol–water partition coefficient (Wildman–Crippen LogP) is 7.34. The van der Waals surface area contributed by atoms with Crippen LogP contribution in [0.2, 0.25) is 11.1 Å². The summed E-state index contributed by atoms with van der Waals surface area (Å²) in [5.41, 5.74) is 5.59. The highest BCUT2D eigenvalue weighted by molar-refractivity contribution is 6.76. The molecule has 0 amide bonds. The van der Waals surface area contributed by atoms with Crippen molar-refractivity contribution in [2.75, 3.05) is 7.11 Å². The molecular weight excluding hydrogens is 450 g/mol. The van der Waals surface area contributed by atoms with E-state index in [0.717, 1.165) is 28.5 Å². The molecule has 0 saturated heterocycles. The van der Waals surface area contributed by atoms with Gasteiger partial charge in [0.25, 0.3) is 8.32 Å². The molecule has 0 saturated carbocycles. The van der Waals surface area contributed by atoms with Crippen molar-refractivity contribution in [3.8, 4) is 22.9 Å². The molecule has 0 aromatic heterocycles. The van der Waals surface area contributed by atoms with Crippen LogP contribution < -0.4 is 4.43 Å². The molecule has 4 nitrogen and oxygen atoms in total. The standard InChI is InChI=1S/C30H33NO3Si/c1-22(2)35(23(3)4,21-25-12-10-24(11-13-25)14-19-30(32)33-5)34-28-17-15-26(16-18-28)29-9-7-6-8-27(29)20-31/h6-19,22-23H,21H2,1-5H3/b19-14+. The van der Waals surface area contributed by atoms with Gasteiger partial charge in [-0.05, 0) is 57.6 Å². The molecule has 0 aliphatic heterocycles. The van der Waals surface area contributed by atoms with E-state index >= 15 is 0 Å². The Bertz CT molecular complexity index is 1200. The van der Waals surface area contributed by atoms with E-state index in [9.17, 15) is 10.1 Å². The summed E-state index contributed by atoms with van der Waals surface area (Å²) in [7, 11) is -0.879. The Morgan fingerprint density at radius 1 is 0.943 bits per heavy atom. The average molecular weight is 484 g/mol. The number of ether oxygens (including phenoxy) is 1. The fourth-order valence-electron chi connectivity index (χ4n) is 4.40. The highest BCUT2D eigenvalue weighted by Gasteiger charge is 2.44. The number of methoxy groups -OCH3 is 1. The number of esters is 1. The van der Waals surface area contributed by atoms with E-state index in [4.69, 9.17) is 4.43 Å². The molecule has 0 aliphatic rings. The molecule has 0 heterocycles. The second kappa shape index (κ2) is 11.7. The van der Waals surface area contributed by atoms with E-state index in [0.29, 0.717) is 16.6 Å². The SMILES string of the molecule is COC(=O)/C=C/c1ccc(C[Si](Oc2ccc(-c3ccccc3C#N)cc2)(C(C)C)C(C)C)cc1. The highest BCUT2D eigenvalue weighted by Crippen LogP contribution is 2.38. The lowest BCUT2D eigenvalue weighted by molar-refractivity contribution is -0.134. The summed E-state index contributed by atoms with van der Waals surface area (Å²) >= 11 is 0. The zero-order valence-electron chi connectivity index (χ0n) is 21.1. The van der Waals surface area contributed by atoms with Gasteiger partial charge >= 0.3 is 5.97 Å². The number of hydrogen-bond donors (Lipinski definition) is 0. The van der Waals surface area contributed by atoms with E-state index < -0.39 is 8.32 Å². The van der Waals surface area contributed by atoms with Gasteiger partial charge in [0, 0.05) is 12.1 Å². The Kier molecular flexibility index (Phi) is 8.67. The van der Waals surface area contributed by atoms with Crippen LogP contribution in [0.25, 0.3) is 17.2 Å². The fraction of sp³-hybridized carbons (Fsp3) is 0.267. The van der Waals surface area contributed by atoms with Gasteiger partial charge < -0.3 is 9.16 Å². The van der Waals surface area contributed by atoms with Crippen LogP contribution in [-0.2, 0) is 15.6 Å². The third-order valence-corrected chi connectivity index (χ3v) is 12.0. The van der Waals surface area contributed by atoms with Crippen LogP contribution in [0.1, 0.15) is 44.4 Å². The van der Waals surface area contributed by atoms with Gasteiger partial charge in [0.15, 0.2) is 0 Å². The Labute approximate surface area is 210 Å². The second-order valence-corrected chi connectivity index (χ2v) is 14.1. The smallest absolute Gasteiger partial charge is 0.330 e. The van der Waals surface area contributed by atoms with Crippen molar-refractivity contribution in [3.63, 3.8) is 0 Å². The number of benzene rings is 3. The molecule has 0 bridgehead atoms. The molecule has 0 radical (unpaired) electrons.